The largest absolute Gasteiger partial charge is 0.496 e. The van der Waals surface area contributed by atoms with E-state index in [-0.39, 0.29) is 4.90 Å². The Kier molecular flexibility index (Phi) is 3.94. The maximum atomic E-state index is 12.5. The van der Waals surface area contributed by atoms with Crippen LogP contribution < -0.4 is 9.04 Å². The van der Waals surface area contributed by atoms with E-state index in [9.17, 15) is 8.42 Å². The zero-order chi connectivity index (χ0) is 14.8. The summed E-state index contributed by atoms with van der Waals surface area (Å²) in [6.45, 7) is 1.80. The normalized spacial score (nSPS) is 11.2. The van der Waals surface area contributed by atoms with Gasteiger partial charge in [0.05, 0.1) is 12.0 Å². The number of aryl methyl sites for hydroxylation is 1. The number of hydrogen-bond acceptors (Lipinski definition) is 4. The molecule has 0 spiro atoms. The van der Waals surface area contributed by atoms with Crippen molar-refractivity contribution in [3.05, 3.63) is 48.2 Å². The highest BCUT2D eigenvalue weighted by atomic mass is 32.2. The van der Waals surface area contributed by atoms with Crippen molar-refractivity contribution in [2.45, 2.75) is 11.8 Å². The minimum Gasteiger partial charge on any atom is -0.496 e. The van der Waals surface area contributed by atoms with Crippen LogP contribution in [0, 0.1) is 6.92 Å². The van der Waals surface area contributed by atoms with Gasteiger partial charge in [-0.05, 0) is 42.8 Å². The maximum Gasteiger partial charge on any atom is 0.265 e. The van der Waals surface area contributed by atoms with Crippen molar-refractivity contribution in [3.8, 4) is 5.75 Å². The van der Waals surface area contributed by atoms with E-state index in [0.717, 1.165) is 9.87 Å². The van der Waals surface area contributed by atoms with Crippen LogP contribution in [0.1, 0.15) is 5.56 Å². The van der Waals surface area contributed by atoms with Gasteiger partial charge in [-0.2, -0.15) is 0 Å². The molecule has 0 atom stereocenters. The average Bonchev–Trinajstić information content (AvgIpc) is 2.47. The van der Waals surface area contributed by atoms with Gasteiger partial charge in [0.15, 0.2) is 0 Å². The summed E-state index contributed by atoms with van der Waals surface area (Å²) in [4.78, 5) is 4.26. The zero-order valence-corrected chi connectivity index (χ0v) is 12.4. The van der Waals surface area contributed by atoms with Crippen LogP contribution in [0.2, 0.25) is 0 Å². The molecule has 0 radical (unpaired) electrons. The molecule has 1 heterocycles. The number of benzene rings is 1. The smallest absolute Gasteiger partial charge is 0.265 e. The van der Waals surface area contributed by atoms with Crippen molar-refractivity contribution < 1.29 is 13.2 Å². The van der Waals surface area contributed by atoms with E-state index >= 15 is 0 Å². The molecule has 1 aromatic heterocycles. The highest BCUT2D eigenvalue weighted by molar-refractivity contribution is 7.92. The molecule has 0 aliphatic rings. The van der Waals surface area contributed by atoms with Crippen LogP contribution in [-0.4, -0.2) is 27.6 Å². The first-order chi connectivity index (χ1) is 9.46. The standard InChI is InChI=1S/C14H16N2O3S/c1-11-10-12(7-8-13(11)19-3)20(17,18)16(2)14-6-4-5-9-15-14/h4-10H,1-3H3. The molecule has 106 valence electrons. The van der Waals surface area contributed by atoms with Gasteiger partial charge in [-0.15, -0.1) is 0 Å². The quantitative estimate of drug-likeness (QED) is 0.867. The van der Waals surface area contributed by atoms with Gasteiger partial charge < -0.3 is 4.74 Å². The Bertz CT molecular complexity index is 700. The Morgan fingerprint density at radius 3 is 2.50 bits per heavy atom. The zero-order valence-electron chi connectivity index (χ0n) is 11.6. The molecule has 1 aromatic carbocycles. The first kappa shape index (κ1) is 14.3. The Morgan fingerprint density at radius 2 is 1.95 bits per heavy atom. The van der Waals surface area contributed by atoms with Gasteiger partial charge in [-0.3, -0.25) is 4.31 Å². The fourth-order valence-corrected chi connectivity index (χ4v) is 3.07. The fourth-order valence-electron chi connectivity index (χ4n) is 1.83. The molecule has 2 rings (SSSR count). The van der Waals surface area contributed by atoms with Crippen molar-refractivity contribution in [3.63, 3.8) is 0 Å². The van der Waals surface area contributed by atoms with Crippen LogP contribution in [0.5, 0.6) is 5.75 Å². The summed E-state index contributed by atoms with van der Waals surface area (Å²) in [5, 5.41) is 0. The third kappa shape index (κ3) is 2.60. The Hall–Kier alpha value is -2.08. The lowest BCUT2D eigenvalue weighted by atomic mass is 10.2. The molecule has 0 aliphatic carbocycles. The summed E-state index contributed by atoms with van der Waals surface area (Å²) in [6.07, 6.45) is 1.56. The topological polar surface area (TPSA) is 59.5 Å². The predicted molar refractivity (Wildman–Crippen MR) is 77.6 cm³/mol. The lowest BCUT2D eigenvalue weighted by Crippen LogP contribution is -2.27. The van der Waals surface area contributed by atoms with Gasteiger partial charge in [0.2, 0.25) is 0 Å². The maximum absolute atomic E-state index is 12.5. The number of anilines is 1. The van der Waals surface area contributed by atoms with Gasteiger partial charge in [-0.25, -0.2) is 13.4 Å². The molecule has 5 nitrogen and oxygen atoms in total. The molecule has 0 unspecified atom stereocenters. The molecule has 0 bridgehead atoms. The average molecular weight is 292 g/mol. The Labute approximate surface area is 118 Å². The molecule has 0 saturated heterocycles. The summed E-state index contributed by atoms with van der Waals surface area (Å²) >= 11 is 0. The van der Waals surface area contributed by atoms with Gasteiger partial charge >= 0.3 is 0 Å². The van der Waals surface area contributed by atoms with Crippen LogP contribution in [0.3, 0.4) is 0 Å². The lowest BCUT2D eigenvalue weighted by molar-refractivity contribution is 0.411. The number of sulfonamides is 1. The van der Waals surface area contributed by atoms with Crippen molar-refractivity contribution in [2.24, 2.45) is 0 Å². The van der Waals surface area contributed by atoms with Gasteiger partial charge in [0.25, 0.3) is 10.0 Å². The van der Waals surface area contributed by atoms with Crippen molar-refractivity contribution in [2.75, 3.05) is 18.5 Å². The van der Waals surface area contributed by atoms with Crippen LogP contribution in [-0.2, 0) is 10.0 Å². The summed E-state index contributed by atoms with van der Waals surface area (Å²) in [5.74, 6) is 1.03. The molecular weight excluding hydrogens is 276 g/mol. The molecule has 2 aromatic rings. The Morgan fingerprint density at radius 1 is 1.20 bits per heavy atom. The Balaban J connectivity index is 2.43. The van der Waals surface area contributed by atoms with E-state index in [4.69, 9.17) is 4.74 Å². The van der Waals surface area contributed by atoms with E-state index < -0.39 is 10.0 Å². The monoisotopic (exact) mass is 292 g/mol. The predicted octanol–water partition coefficient (Wildman–Crippen LogP) is 2.22. The second kappa shape index (κ2) is 5.50. The molecular formula is C14H16N2O3S. The molecule has 0 saturated carbocycles. The molecule has 0 aliphatic heterocycles. The SMILES string of the molecule is COc1ccc(S(=O)(=O)N(C)c2ccccn2)cc1C. The summed E-state index contributed by atoms with van der Waals surface area (Å²) in [6, 6.07) is 9.89. The van der Waals surface area contributed by atoms with Gasteiger partial charge in [0.1, 0.15) is 11.6 Å². The molecule has 6 heteroatoms. The number of rotatable bonds is 4. The van der Waals surface area contributed by atoms with Crippen LogP contribution in [0.4, 0.5) is 5.82 Å². The fraction of sp³-hybridized carbons (Fsp3) is 0.214. The van der Waals surface area contributed by atoms with Crippen LogP contribution >= 0.6 is 0 Å². The molecule has 20 heavy (non-hydrogen) atoms. The molecule has 0 fully saturated rings. The van der Waals surface area contributed by atoms with Crippen LogP contribution in [0.15, 0.2) is 47.5 Å². The first-order valence-corrected chi connectivity index (χ1v) is 7.45. The van der Waals surface area contributed by atoms with E-state index in [2.05, 4.69) is 4.98 Å². The lowest BCUT2D eigenvalue weighted by Gasteiger charge is -2.18. The van der Waals surface area contributed by atoms with E-state index in [1.54, 1.807) is 50.6 Å². The highest BCUT2D eigenvalue weighted by Crippen LogP contribution is 2.25. The number of ether oxygens (including phenoxy) is 1. The van der Waals surface area contributed by atoms with Gasteiger partial charge in [-0.1, -0.05) is 6.07 Å². The summed E-state index contributed by atoms with van der Waals surface area (Å²) < 4.78 is 31.4. The van der Waals surface area contributed by atoms with Crippen LogP contribution in [0.25, 0.3) is 0 Å². The molecule has 0 amide bonds. The third-order valence-electron chi connectivity index (χ3n) is 3.00. The van der Waals surface area contributed by atoms with Crippen molar-refractivity contribution in [1.82, 2.24) is 4.98 Å². The van der Waals surface area contributed by atoms with E-state index in [1.807, 2.05) is 0 Å². The minimum atomic E-state index is -3.62. The summed E-state index contributed by atoms with van der Waals surface area (Å²) in [5.41, 5.74) is 0.767. The van der Waals surface area contributed by atoms with Crippen molar-refractivity contribution >= 4 is 15.8 Å². The van der Waals surface area contributed by atoms with Crippen molar-refractivity contribution in [1.29, 1.82) is 0 Å². The number of aromatic nitrogens is 1. The van der Waals surface area contributed by atoms with Gasteiger partial charge in [0, 0.05) is 13.2 Å². The highest BCUT2D eigenvalue weighted by Gasteiger charge is 2.22. The summed E-state index contributed by atoms with van der Waals surface area (Å²) in [7, 11) is -0.589. The molecule has 0 N–H and O–H groups in total. The second-order valence-electron chi connectivity index (χ2n) is 4.29. The number of hydrogen-bond donors (Lipinski definition) is 0. The minimum absolute atomic E-state index is 0.212. The van der Waals surface area contributed by atoms with E-state index in [0.29, 0.717) is 11.6 Å². The second-order valence-corrected chi connectivity index (χ2v) is 6.26. The number of pyridine rings is 1. The number of methoxy groups -OCH3 is 1. The third-order valence-corrected chi connectivity index (χ3v) is 4.75. The first-order valence-electron chi connectivity index (χ1n) is 6.01. The number of nitrogens with zero attached hydrogens (tertiary/aromatic N) is 2. The van der Waals surface area contributed by atoms with E-state index in [1.165, 1.54) is 13.1 Å².